The number of hydrogen-bond donors (Lipinski definition) is 1. The molecule has 2 aliphatic rings. The molecule has 4 rings (SSSR count). The van der Waals surface area contributed by atoms with Gasteiger partial charge in [0, 0.05) is 53.8 Å². The van der Waals surface area contributed by atoms with Crippen LogP contribution in [0.25, 0.3) is 0 Å². The largest absolute Gasteiger partial charge is 0.364 e. The summed E-state index contributed by atoms with van der Waals surface area (Å²) >= 11 is 6.07. The molecule has 1 aromatic heterocycles. The molecule has 0 unspecified atom stereocenters. The van der Waals surface area contributed by atoms with Gasteiger partial charge in [-0.25, -0.2) is 4.98 Å². The third-order valence-corrected chi connectivity index (χ3v) is 7.17. The fraction of sp³-hybridized carbons (Fsp3) is 0.571. The van der Waals surface area contributed by atoms with Crippen LogP contribution in [0.4, 0.5) is 11.8 Å². The van der Waals surface area contributed by atoms with Crippen molar-refractivity contribution in [1.82, 2.24) is 19.8 Å². The van der Waals surface area contributed by atoms with Crippen molar-refractivity contribution in [2.24, 2.45) is 5.41 Å². The molecular weight excluding hydrogens is 488 g/mol. The maximum atomic E-state index is 13.3. The molecule has 3 heterocycles. The summed E-state index contributed by atoms with van der Waals surface area (Å²) in [7, 11) is 0. The Morgan fingerprint density at radius 1 is 1.03 bits per heavy atom. The number of halogens is 1. The van der Waals surface area contributed by atoms with Crippen molar-refractivity contribution in [2.75, 3.05) is 36.4 Å². The van der Waals surface area contributed by atoms with E-state index in [1.165, 1.54) is 0 Å². The minimum Gasteiger partial charge on any atom is -0.364 e. The second-order valence-electron chi connectivity index (χ2n) is 12.1. The van der Waals surface area contributed by atoms with Crippen LogP contribution in [-0.4, -0.2) is 69.3 Å². The maximum absolute atomic E-state index is 13.3. The lowest BCUT2D eigenvalue weighted by molar-refractivity contribution is -0.139. The molecule has 1 N–H and O–H groups in total. The number of nitrogens with zero attached hydrogens (tertiary/aromatic N) is 5. The summed E-state index contributed by atoms with van der Waals surface area (Å²) in [5, 5.41) is 4.35. The third kappa shape index (κ3) is 6.00. The van der Waals surface area contributed by atoms with E-state index in [0.29, 0.717) is 55.2 Å². The summed E-state index contributed by atoms with van der Waals surface area (Å²) in [5.41, 5.74) is 1.72. The van der Waals surface area contributed by atoms with Crippen LogP contribution in [0.15, 0.2) is 24.3 Å². The van der Waals surface area contributed by atoms with Gasteiger partial charge in [0.25, 0.3) is 5.91 Å². The van der Waals surface area contributed by atoms with Crippen LogP contribution >= 0.6 is 11.6 Å². The summed E-state index contributed by atoms with van der Waals surface area (Å²) in [6.07, 6.45) is 0.758. The molecule has 0 bridgehead atoms. The standard InChI is InChI=1S/C28H39ClN6O2/c1-18(2)35-17-21-22(24(35)36)30-26(34-14-12-33(13-15-34)25(37)27(3,4)5)31-23(21)32-28(6,7)16-19-8-10-20(29)11-9-19/h8-11,18H,12-17H2,1-7H3,(H,30,31,32). The predicted molar refractivity (Wildman–Crippen MR) is 148 cm³/mol. The summed E-state index contributed by atoms with van der Waals surface area (Å²) in [6.45, 7) is 17.1. The van der Waals surface area contributed by atoms with Gasteiger partial charge in [-0.3, -0.25) is 9.59 Å². The van der Waals surface area contributed by atoms with E-state index in [-0.39, 0.29) is 23.4 Å². The van der Waals surface area contributed by atoms with E-state index in [2.05, 4.69) is 24.1 Å². The smallest absolute Gasteiger partial charge is 0.273 e. The average molecular weight is 527 g/mol. The number of anilines is 2. The molecule has 2 aliphatic heterocycles. The van der Waals surface area contributed by atoms with Crippen molar-refractivity contribution in [3.8, 4) is 0 Å². The van der Waals surface area contributed by atoms with Gasteiger partial charge in [-0.05, 0) is 51.8 Å². The summed E-state index contributed by atoms with van der Waals surface area (Å²) < 4.78 is 0. The normalized spacial score (nSPS) is 16.5. The predicted octanol–water partition coefficient (Wildman–Crippen LogP) is 4.62. The lowest BCUT2D eigenvalue weighted by atomic mass is 9.94. The van der Waals surface area contributed by atoms with Crippen molar-refractivity contribution >= 4 is 35.2 Å². The van der Waals surface area contributed by atoms with Crippen LogP contribution < -0.4 is 10.2 Å². The average Bonchev–Trinajstić information content (AvgIpc) is 3.16. The molecule has 0 atom stereocenters. The Labute approximate surface area is 225 Å². The molecule has 1 saturated heterocycles. The number of fused-ring (bicyclic) bond motifs is 1. The Morgan fingerprint density at radius 3 is 2.22 bits per heavy atom. The van der Waals surface area contributed by atoms with E-state index in [0.717, 1.165) is 17.5 Å². The van der Waals surface area contributed by atoms with E-state index < -0.39 is 5.41 Å². The highest BCUT2D eigenvalue weighted by molar-refractivity contribution is 6.30. The van der Waals surface area contributed by atoms with Gasteiger partial charge in [-0.1, -0.05) is 44.5 Å². The van der Waals surface area contributed by atoms with E-state index >= 15 is 0 Å². The van der Waals surface area contributed by atoms with Crippen molar-refractivity contribution < 1.29 is 9.59 Å². The monoisotopic (exact) mass is 526 g/mol. The minimum atomic E-state index is -0.411. The van der Waals surface area contributed by atoms with Gasteiger partial charge in [0.05, 0.1) is 6.54 Å². The quantitative estimate of drug-likeness (QED) is 0.591. The van der Waals surface area contributed by atoms with Crippen molar-refractivity contribution in [2.45, 2.75) is 73.0 Å². The minimum absolute atomic E-state index is 0.0613. The van der Waals surface area contributed by atoms with Crippen LogP contribution in [-0.2, 0) is 17.8 Å². The van der Waals surface area contributed by atoms with Gasteiger partial charge in [-0.15, -0.1) is 0 Å². The molecule has 1 aromatic carbocycles. The molecular formula is C28H39ClN6O2. The molecule has 37 heavy (non-hydrogen) atoms. The van der Waals surface area contributed by atoms with Gasteiger partial charge < -0.3 is 20.0 Å². The first-order valence-corrected chi connectivity index (χ1v) is 13.4. The van der Waals surface area contributed by atoms with Crippen molar-refractivity contribution in [1.29, 1.82) is 0 Å². The summed E-state index contributed by atoms with van der Waals surface area (Å²) in [5.74, 6) is 1.32. The van der Waals surface area contributed by atoms with Gasteiger partial charge in [0.1, 0.15) is 11.5 Å². The molecule has 8 nitrogen and oxygen atoms in total. The highest BCUT2D eigenvalue weighted by atomic mass is 35.5. The molecule has 0 aliphatic carbocycles. The Morgan fingerprint density at radius 2 is 1.65 bits per heavy atom. The Hall–Kier alpha value is -2.87. The van der Waals surface area contributed by atoms with Gasteiger partial charge in [0.15, 0.2) is 0 Å². The number of benzene rings is 1. The fourth-order valence-corrected chi connectivity index (χ4v) is 5.03. The second-order valence-corrected chi connectivity index (χ2v) is 12.5. The van der Waals surface area contributed by atoms with Crippen LogP contribution in [0.1, 0.15) is 70.1 Å². The highest BCUT2D eigenvalue weighted by Crippen LogP contribution is 2.33. The third-order valence-electron chi connectivity index (χ3n) is 6.92. The molecule has 9 heteroatoms. The molecule has 0 saturated carbocycles. The van der Waals surface area contributed by atoms with Crippen LogP contribution in [0.5, 0.6) is 0 Å². The number of hydrogen-bond acceptors (Lipinski definition) is 6. The summed E-state index contributed by atoms with van der Waals surface area (Å²) in [4.78, 5) is 41.6. The summed E-state index contributed by atoms with van der Waals surface area (Å²) in [6, 6.07) is 7.92. The second kappa shape index (κ2) is 10.1. The number of nitrogens with one attached hydrogen (secondary N) is 1. The van der Waals surface area contributed by atoms with Crippen molar-refractivity contribution in [3.63, 3.8) is 0 Å². The Balaban J connectivity index is 1.61. The zero-order chi connectivity index (χ0) is 27.1. The Kier molecular flexibility index (Phi) is 7.43. The molecule has 200 valence electrons. The molecule has 1 fully saturated rings. The number of aromatic nitrogens is 2. The lowest BCUT2D eigenvalue weighted by Crippen LogP contribution is -2.52. The van der Waals surface area contributed by atoms with Crippen molar-refractivity contribution in [3.05, 3.63) is 46.1 Å². The maximum Gasteiger partial charge on any atom is 0.273 e. The zero-order valence-corrected chi connectivity index (χ0v) is 23.8. The first-order chi connectivity index (χ1) is 17.2. The van der Waals surface area contributed by atoms with E-state index in [4.69, 9.17) is 21.6 Å². The SMILES string of the molecule is CC(C)N1Cc2c(NC(C)(C)Cc3ccc(Cl)cc3)nc(N3CCN(C(=O)C(C)(C)C)CC3)nc2C1=O. The van der Waals surface area contributed by atoms with Crippen LogP contribution in [0.2, 0.25) is 5.02 Å². The number of rotatable bonds is 6. The van der Waals surface area contributed by atoms with E-state index in [1.807, 2.05) is 68.7 Å². The van der Waals surface area contributed by atoms with Crippen LogP contribution in [0.3, 0.4) is 0 Å². The Bertz CT molecular complexity index is 1160. The zero-order valence-electron chi connectivity index (χ0n) is 23.1. The van der Waals surface area contributed by atoms with E-state index in [9.17, 15) is 9.59 Å². The first kappa shape index (κ1) is 27.2. The van der Waals surface area contributed by atoms with Gasteiger partial charge in [0.2, 0.25) is 11.9 Å². The van der Waals surface area contributed by atoms with E-state index in [1.54, 1.807) is 0 Å². The molecule has 2 aromatic rings. The van der Waals surface area contributed by atoms with Crippen LogP contribution in [0, 0.1) is 5.41 Å². The van der Waals surface area contributed by atoms with Gasteiger partial charge >= 0.3 is 0 Å². The molecule has 0 spiro atoms. The topological polar surface area (TPSA) is 81.7 Å². The molecule has 2 amide bonds. The number of carbonyl (C=O) groups is 2. The van der Waals surface area contributed by atoms with Gasteiger partial charge in [-0.2, -0.15) is 4.98 Å². The number of carbonyl (C=O) groups excluding carboxylic acids is 2. The number of piperazine rings is 1. The number of amides is 2. The highest BCUT2D eigenvalue weighted by Gasteiger charge is 2.37. The fourth-order valence-electron chi connectivity index (χ4n) is 4.90. The molecule has 0 radical (unpaired) electrons. The lowest BCUT2D eigenvalue weighted by Gasteiger charge is -2.38. The first-order valence-electron chi connectivity index (χ1n) is 13.0.